The first-order valence-corrected chi connectivity index (χ1v) is 4.86. The molecular formula is C12H16O2. The second-order valence-electron chi connectivity index (χ2n) is 3.66. The van der Waals surface area contributed by atoms with Crippen molar-refractivity contribution < 1.29 is 9.90 Å². The Balaban J connectivity index is 3.10. The maximum Gasteiger partial charge on any atom is 0.310 e. The maximum atomic E-state index is 11.0. The lowest BCUT2D eigenvalue weighted by Gasteiger charge is -2.13. The summed E-state index contributed by atoms with van der Waals surface area (Å²) in [6.45, 7) is 5.88. The molecule has 1 unspecified atom stereocenters. The summed E-state index contributed by atoms with van der Waals surface area (Å²) in [6, 6.07) is 5.92. The van der Waals surface area contributed by atoms with Gasteiger partial charge in [-0.3, -0.25) is 4.79 Å². The molecule has 0 amide bonds. The normalized spacial score (nSPS) is 12.5. The van der Waals surface area contributed by atoms with Crippen LogP contribution in [-0.4, -0.2) is 11.1 Å². The molecule has 1 N–H and O–H groups in total. The molecule has 0 aliphatic heterocycles. The third-order valence-electron chi connectivity index (χ3n) is 2.51. The van der Waals surface area contributed by atoms with E-state index in [1.54, 1.807) is 0 Å². The maximum absolute atomic E-state index is 11.0. The van der Waals surface area contributed by atoms with Crippen molar-refractivity contribution in [2.24, 2.45) is 0 Å². The second kappa shape index (κ2) is 4.27. The van der Waals surface area contributed by atoms with E-state index in [-0.39, 0.29) is 5.92 Å². The fraction of sp³-hybridized carbons (Fsp3) is 0.417. The van der Waals surface area contributed by atoms with Gasteiger partial charge in [-0.15, -0.1) is 0 Å². The standard InChI is InChI=1S/C12H16O2/c1-4-10(12(13)14)11-6-5-8(2)7-9(11)3/h5-7,10H,4H2,1-3H3,(H,13,14). The fourth-order valence-corrected chi connectivity index (χ4v) is 1.74. The van der Waals surface area contributed by atoms with E-state index >= 15 is 0 Å². The highest BCUT2D eigenvalue weighted by atomic mass is 16.4. The zero-order chi connectivity index (χ0) is 10.7. The first-order chi connectivity index (χ1) is 6.56. The van der Waals surface area contributed by atoms with E-state index in [4.69, 9.17) is 5.11 Å². The van der Waals surface area contributed by atoms with Crippen LogP contribution >= 0.6 is 0 Å². The third-order valence-corrected chi connectivity index (χ3v) is 2.51. The molecule has 0 saturated heterocycles. The number of aryl methyl sites for hydroxylation is 2. The fourth-order valence-electron chi connectivity index (χ4n) is 1.74. The summed E-state index contributed by atoms with van der Waals surface area (Å²) in [6.07, 6.45) is 0.638. The lowest BCUT2D eigenvalue weighted by molar-refractivity contribution is -0.138. The van der Waals surface area contributed by atoms with Crippen LogP contribution in [0.4, 0.5) is 0 Å². The predicted molar refractivity (Wildman–Crippen MR) is 56.6 cm³/mol. The van der Waals surface area contributed by atoms with Crippen LogP contribution in [0.1, 0.15) is 36.0 Å². The highest BCUT2D eigenvalue weighted by Crippen LogP contribution is 2.23. The molecule has 0 spiro atoms. The smallest absolute Gasteiger partial charge is 0.310 e. The molecule has 2 heteroatoms. The Morgan fingerprint density at radius 2 is 2.07 bits per heavy atom. The van der Waals surface area contributed by atoms with Crippen LogP contribution in [0.15, 0.2) is 18.2 Å². The zero-order valence-electron chi connectivity index (χ0n) is 8.87. The molecular weight excluding hydrogens is 176 g/mol. The molecule has 0 bridgehead atoms. The van der Waals surface area contributed by atoms with Crippen LogP contribution in [0.5, 0.6) is 0 Å². The molecule has 0 aromatic heterocycles. The van der Waals surface area contributed by atoms with Crippen LogP contribution < -0.4 is 0 Å². The van der Waals surface area contributed by atoms with Crippen molar-refractivity contribution in [3.8, 4) is 0 Å². The van der Waals surface area contributed by atoms with Gasteiger partial charge in [-0.25, -0.2) is 0 Å². The summed E-state index contributed by atoms with van der Waals surface area (Å²) < 4.78 is 0. The lowest BCUT2D eigenvalue weighted by Crippen LogP contribution is -2.11. The minimum atomic E-state index is -0.737. The van der Waals surface area contributed by atoms with Gasteiger partial charge in [-0.1, -0.05) is 30.7 Å². The molecule has 1 aromatic carbocycles. The van der Waals surface area contributed by atoms with Crippen molar-refractivity contribution in [1.82, 2.24) is 0 Å². The Morgan fingerprint density at radius 1 is 1.43 bits per heavy atom. The van der Waals surface area contributed by atoms with Gasteiger partial charge in [0.05, 0.1) is 5.92 Å². The molecule has 1 rings (SSSR count). The lowest BCUT2D eigenvalue weighted by atomic mass is 9.92. The van der Waals surface area contributed by atoms with Gasteiger partial charge in [0, 0.05) is 0 Å². The summed E-state index contributed by atoms with van der Waals surface area (Å²) in [7, 11) is 0. The van der Waals surface area contributed by atoms with E-state index in [9.17, 15) is 4.79 Å². The Labute approximate surface area is 84.6 Å². The first-order valence-electron chi connectivity index (χ1n) is 4.86. The van der Waals surface area contributed by atoms with Gasteiger partial charge in [0.15, 0.2) is 0 Å². The van der Waals surface area contributed by atoms with E-state index in [2.05, 4.69) is 0 Å². The Hall–Kier alpha value is -1.31. The van der Waals surface area contributed by atoms with Gasteiger partial charge in [0.25, 0.3) is 0 Å². The van der Waals surface area contributed by atoms with E-state index in [0.29, 0.717) is 6.42 Å². The van der Waals surface area contributed by atoms with Gasteiger partial charge in [0.1, 0.15) is 0 Å². The number of hydrogen-bond acceptors (Lipinski definition) is 1. The summed E-state index contributed by atoms with van der Waals surface area (Å²) in [5.41, 5.74) is 3.18. The molecule has 0 radical (unpaired) electrons. The average Bonchev–Trinajstić information content (AvgIpc) is 2.09. The molecule has 76 valence electrons. The van der Waals surface area contributed by atoms with Crippen molar-refractivity contribution in [3.05, 3.63) is 34.9 Å². The second-order valence-corrected chi connectivity index (χ2v) is 3.66. The quantitative estimate of drug-likeness (QED) is 0.799. The monoisotopic (exact) mass is 192 g/mol. The number of carboxylic acid groups (broad SMARTS) is 1. The number of rotatable bonds is 3. The summed E-state index contributed by atoms with van der Waals surface area (Å²) >= 11 is 0. The van der Waals surface area contributed by atoms with Crippen molar-refractivity contribution in [1.29, 1.82) is 0 Å². The van der Waals surface area contributed by atoms with E-state index < -0.39 is 5.97 Å². The van der Waals surface area contributed by atoms with Crippen LogP contribution in [0.3, 0.4) is 0 Å². The van der Waals surface area contributed by atoms with Crippen LogP contribution in [-0.2, 0) is 4.79 Å². The average molecular weight is 192 g/mol. The van der Waals surface area contributed by atoms with Crippen LogP contribution in [0, 0.1) is 13.8 Å². The Kier molecular flexibility index (Phi) is 3.28. The first kappa shape index (κ1) is 10.8. The van der Waals surface area contributed by atoms with Gasteiger partial charge < -0.3 is 5.11 Å². The molecule has 0 aliphatic rings. The van der Waals surface area contributed by atoms with Crippen molar-refractivity contribution in [3.63, 3.8) is 0 Å². The molecule has 1 aromatic rings. The molecule has 0 aliphatic carbocycles. The molecule has 2 nitrogen and oxygen atoms in total. The van der Waals surface area contributed by atoms with Crippen molar-refractivity contribution in [2.75, 3.05) is 0 Å². The third kappa shape index (κ3) is 2.13. The molecule has 14 heavy (non-hydrogen) atoms. The van der Waals surface area contributed by atoms with Crippen molar-refractivity contribution in [2.45, 2.75) is 33.1 Å². The summed E-state index contributed by atoms with van der Waals surface area (Å²) in [5, 5.41) is 9.02. The molecule has 0 saturated carbocycles. The molecule has 0 fully saturated rings. The zero-order valence-corrected chi connectivity index (χ0v) is 8.87. The Morgan fingerprint density at radius 3 is 2.50 bits per heavy atom. The summed E-state index contributed by atoms with van der Waals surface area (Å²) in [4.78, 5) is 11.0. The highest BCUT2D eigenvalue weighted by molar-refractivity contribution is 5.76. The molecule has 1 atom stereocenters. The number of aliphatic carboxylic acids is 1. The SMILES string of the molecule is CCC(C(=O)O)c1ccc(C)cc1C. The molecule has 0 heterocycles. The summed E-state index contributed by atoms with van der Waals surface area (Å²) in [5.74, 6) is -1.10. The largest absolute Gasteiger partial charge is 0.481 e. The van der Waals surface area contributed by atoms with E-state index in [1.165, 1.54) is 5.56 Å². The number of benzene rings is 1. The van der Waals surface area contributed by atoms with E-state index in [0.717, 1.165) is 11.1 Å². The Bertz CT molecular complexity index is 342. The van der Waals surface area contributed by atoms with Gasteiger partial charge >= 0.3 is 5.97 Å². The van der Waals surface area contributed by atoms with Crippen LogP contribution in [0.25, 0.3) is 0 Å². The van der Waals surface area contributed by atoms with Gasteiger partial charge in [0.2, 0.25) is 0 Å². The topological polar surface area (TPSA) is 37.3 Å². The number of carboxylic acids is 1. The van der Waals surface area contributed by atoms with Crippen molar-refractivity contribution >= 4 is 5.97 Å². The number of carbonyl (C=O) groups is 1. The predicted octanol–water partition coefficient (Wildman–Crippen LogP) is 2.88. The van der Waals surface area contributed by atoms with Crippen LogP contribution in [0.2, 0.25) is 0 Å². The van der Waals surface area contributed by atoms with Gasteiger partial charge in [-0.2, -0.15) is 0 Å². The number of hydrogen-bond donors (Lipinski definition) is 1. The van der Waals surface area contributed by atoms with E-state index in [1.807, 2.05) is 39.0 Å². The minimum absolute atomic E-state index is 0.365. The van der Waals surface area contributed by atoms with Gasteiger partial charge in [-0.05, 0) is 31.4 Å². The highest BCUT2D eigenvalue weighted by Gasteiger charge is 2.18. The minimum Gasteiger partial charge on any atom is -0.481 e.